The van der Waals surface area contributed by atoms with Gasteiger partial charge in [0.25, 0.3) is 0 Å². The standard InChI is InChI=1S/C22H20F6O/c1-14-11-20(12-14,17-6-4-3-5-7-17)13-29-15(2)16-8-18(21(23,24)25)10-19(9-16)22(26,27)28/h3-10,15H,1,11-13H2,2H3. The number of alkyl halides is 6. The van der Waals surface area contributed by atoms with Crippen molar-refractivity contribution in [2.45, 2.75) is 43.6 Å². The Kier molecular flexibility index (Phi) is 5.56. The van der Waals surface area contributed by atoms with Gasteiger partial charge in [-0.15, -0.1) is 0 Å². The van der Waals surface area contributed by atoms with E-state index in [0.717, 1.165) is 23.3 Å². The van der Waals surface area contributed by atoms with Gasteiger partial charge in [0.1, 0.15) is 0 Å². The van der Waals surface area contributed by atoms with Gasteiger partial charge < -0.3 is 4.74 Å². The maximum absolute atomic E-state index is 13.1. The lowest BCUT2D eigenvalue weighted by Gasteiger charge is -2.44. The summed E-state index contributed by atoms with van der Waals surface area (Å²) in [4.78, 5) is 0. The third kappa shape index (κ3) is 4.66. The lowest BCUT2D eigenvalue weighted by molar-refractivity contribution is -0.143. The van der Waals surface area contributed by atoms with Crippen molar-refractivity contribution in [2.75, 3.05) is 6.61 Å². The average molecular weight is 414 g/mol. The molecule has 0 saturated heterocycles. The second-order valence-electron chi connectivity index (χ2n) is 7.54. The first kappa shape index (κ1) is 21.4. The molecule has 1 aliphatic rings. The molecular formula is C22H20F6O. The van der Waals surface area contributed by atoms with Crippen molar-refractivity contribution in [3.8, 4) is 0 Å². The maximum atomic E-state index is 13.1. The van der Waals surface area contributed by atoms with Gasteiger partial charge in [-0.2, -0.15) is 26.3 Å². The van der Waals surface area contributed by atoms with Crippen molar-refractivity contribution in [1.82, 2.24) is 0 Å². The Morgan fingerprint density at radius 2 is 1.45 bits per heavy atom. The van der Waals surface area contributed by atoms with Crippen molar-refractivity contribution in [3.63, 3.8) is 0 Å². The normalized spacial score (nSPS) is 17.7. The molecule has 0 amide bonds. The smallest absolute Gasteiger partial charge is 0.373 e. The van der Waals surface area contributed by atoms with E-state index in [9.17, 15) is 26.3 Å². The number of halogens is 6. The Labute approximate surface area is 165 Å². The first-order valence-electron chi connectivity index (χ1n) is 9.04. The van der Waals surface area contributed by atoms with Gasteiger partial charge in [-0.05, 0) is 49.1 Å². The third-order valence-corrected chi connectivity index (χ3v) is 5.25. The highest BCUT2D eigenvalue weighted by molar-refractivity contribution is 5.37. The number of allylic oxidation sites excluding steroid dienone is 1. The van der Waals surface area contributed by atoms with Crippen LogP contribution in [-0.2, 0) is 22.5 Å². The van der Waals surface area contributed by atoms with Crippen LogP contribution in [0.3, 0.4) is 0 Å². The van der Waals surface area contributed by atoms with Crippen molar-refractivity contribution < 1.29 is 31.1 Å². The predicted octanol–water partition coefficient (Wildman–Crippen LogP) is 7.09. The lowest BCUT2D eigenvalue weighted by atomic mass is 9.62. The zero-order chi connectivity index (χ0) is 21.4. The van der Waals surface area contributed by atoms with E-state index in [-0.39, 0.29) is 23.7 Å². The third-order valence-electron chi connectivity index (χ3n) is 5.25. The molecular weight excluding hydrogens is 394 g/mol. The molecule has 7 heteroatoms. The van der Waals surface area contributed by atoms with Crippen LogP contribution < -0.4 is 0 Å². The molecule has 2 aromatic rings. The molecule has 0 aliphatic heterocycles. The van der Waals surface area contributed by atoms with Gasteiger partial charge in [0, 0.05) is 5.41 Å². The fourth-order valence-corrected chi connectivity index (χ4v) is 3.68. The van der Waals surface area contributed by atoms with Crippen LogP contribution in [0.5, 0.6) is 0 Å². The number of hydrogen-bond donors (Lipinski definition) is 0. The van der Waals surface area contributed by atoms with Gasteiger partial charge in [-0.3, -0.25) is 0 Å². The van der Waals surface area contributed by atoms with E-state index in [0.29, 0.717) is 12.8 Å². The van der Waals surface area contributed by atoms with Gasteiger partial charge >= 0.3 is 12.4 Å². The Morgan fingerprint density at radius 3 is 1.90 bits per heavy atom. The fourth-order valence-electron chi connectivity index (χ4n) is 3.68. The molecule has 1 aliphatic carbocycles. The highest BCUT2D eigenvalue weighted by Gasteiger charge is 2.42. The van der Waals surface area contributed by atoms with E-state index in [4.69, 9.17) is 4.74 Å². The Hall–Kier alpha value is -2.28. The van der Waals surface area contributed by atoms with E-state index in [1.165, 1.54) is 6.92 Å². The molecule has 1 saturated carbocycles. The quantitative estimate of drug-likeness (QED) is 0.375. The van der Waals surface area contributed by atoms with Crippen molar-refractivity contribution in [2.24, 2.45) is 0 Å². The van der Waals surface area contributed by atoms with E-state index >= 15 is 0 Å². The number of hydrogen-bond acceptors (Lipinski definition) is 1. The van der Waals surface area contributed by atoms with Crippen LogP contribution >= 0.6 is 0 Å². The zero-order valence-electron chi connectivity index (χ0n) is 15.7. The molecule has 1 fully saturated rings. The molecule has 0 spiro atoms. The average Bonchev–Trinajstić information content (AvgIpc) is 2.63. The zero-order valence-corrected chi connectivity index (χ0v) is 15.7. The molecule has 2 aromatic carbocycles. The monoisotopic (exact) mass is 414 g/mol. The summed E-state index contributed by atoms with van der Waals surface area (Å²) in [6.45, 7) is 5.57. The highest BCUT2D eigenvalue weighted by Crippen LogP contribution is 2.47. The number of benzene rings is 2. The topological polar surface area (TPSA) is 9.23 Å². The SMILES string of the molecule is C=C1CC(COC(C)c2cc(C(F)(F)F)cc(C(F)(F)F)c2)(c2ccccc2)C1. The minimum Gasteiger partial charge on any atom is -0.373 e. The van der Waals surface area contributed by atoms with Crippen LogP contribution in [-0.4, -0.2) is 6.61 Å². The maximum Gasteiger partial charge on any atom is 0.416 e. The van der Waals surface area contributed by atoms with Crippen LogP contribution in [0.25, 0.3) is 0 Å². The first-order valence-corrected chi connectivity index (χ1v) is 9.04. The van der Waals surface area contributed by atoms with Crippen LogP contribution in [0, 0.1) is 0 Å². The van der Waals surface area contributed by atoms with Crippen molar-refractivity contribution in [3.05, 3.63) is 82.9 Å². The van der Waals surface area contributed by atoms with Gasteiger partial charge in [0.15, 0.2) is 0 Å². The molecule has 1 nitrogen and oxygen atoms in total. The summed E-state index contributed by atoms with van der Waals surface area (Å²) in [5, 5.41) is 0. The van der Waals surface area contributed by atoms with E-state index in [1.54, 1.807) is 0 Å². The minimum absolute atomic E-state index is 0.123. The van der Waals surface area contributed by atoms with E-state index in [1.807, 2.05) is 30.3 Å². The lowest BCUT2D eigenvalue weighted by Crippen LogP contribution is -2.40. The molecule has 0 N–H and O–H groups in total. The number of rotatable bonds is 5. The summed E-state index contributed by atoms with van der Waals surface area (Å²) < 4.78 is 84.3. The molecule has 1 unspecified atom stereocenters. The summed E-state index contributed by atoms with van der Waals surface area (Å²) in [7, 11) is 0. The Balaban J connectivity index is 1.85. The minimum atomic E-state index is -4.88. The predicted molar refractivity (Wildman–Crippen MR) is 97.3 cm³/mol. The van der Waals surface area contributed by atoms with Gasteiger partial charge in [0.2, 0.25) is 0 Å². The molecule has 156 valence electrons. The molecule has 0 bridgehead atoms. The molecule has 0 aromatic heterocycles. The molecule has 0 radical (unpaired) electrons. The van der Waals surface area contributed by atoms with Crippen molar-refractivity contribution in [1.29, 1.82) is 0 Å². The van der Waals surface area contributed by atoms with Gasteiger partial charge in [-0.1, -0.05) is 42.5 Å². The fraction of sp³-hybridized carbons (Fsp3) is 0.364. The Morgan fingerprint density at radius 1 is 0.931 bits per heavy atom. The summed E-state index contributed by atoms with van der Waals surface area (Å²) in [5.74, 6) is 0. The molecule has 29 heavy (non-hydrogen) atoms. The second-order valence-corrected chi connectivity index (χ2v) is 7.54. The molecule has 1 atom stereocenters. The van der Waals surface area contributed by atoms with Crippen LogP contribution in [0.15, 0.2) is 60.7 Å². The largest absolute Gasteiger partial charge is 0.416 e. The Bertz CT molecular complexity index is 842. The summed E-state index contributed by atoms with van der Waals surface area (Å²) in [5.41, 5.74) is -1.15. The molecule has 3 rings (SSSR count). The van der Waals surface area contributed by atoms with Crippen LogP contribution in [0.2, 0.25) is 0 Å². The van der Waals surface area contributed by atoms with Crippen LogP contribution in [0.1, 0.15) is 48.1 Å². The first-order chi connectivity index (χ1) is 13.4. The van der Waals surface area contributed by atoms with Gasteiger partial charge in [0.05, 0.1) is 23.8 Å². The summed E-state index contributed by atoms with van der Waals surface area (Å²) in [6.07, 6.45) is -9.37. The second kappa shape index (κ2) is 7.52. The summed E-state index contributed by atoms with van der Waals surface area (Å²) in [6, 6.07) is 11.1. The van der Waals surface area contributed by atoms with E-state index < -0.39 is 29.6 Å². The van der Waals surface area contributed by atoms with Crippen molar-refractivity contribution >= 4 is 0 Å². The van der Waals surface area contributed by atoms with Crippen LogP contribution in [0.4, 0.5) is 26.3 Å². The highest BCUT2D eigenvalue weighted by atomic mass is 19.4. The van der Waals surface area contributed by atoms with Gasteiger partial charge in [-0.25, -0.2) is 0 Å². The number of ether oxygens (including phenoxy) is 1. The van der Waals surface area contributed by atoms with E-state index in [2.05, 4.69) is 6.58 Å². The molecule has 0 heterocycles. The summed E-state index contributed by atoms with van der Waals surface area (Å²) >= 11 is 0.